The van der Waals surface area contributed by atoms with Crippen molar-refractivity contribution >= 4 is 0 Å². The third kappa shape index (κ3) is 5.93. The second kappa shape index (κ2) is 7.20. The molecule has 1 saturated heterocycles. The fraction of sp³-hybridized carbons (Fsp3) is 1.00. The highest BCUT2D eigenvalue weighted by atomic mass is 19.2. The molecule has 0 saturated carbocycles. The molecule has 3 N–H and O–H groups in total. The van der Waals surface area contributed by atoms with Crippen LogP contribution in [0.3, 0.4) is 0 Å². The molecule has 0 aliphatic carbocycles. The third-order valence-electron chi connectivity index (χ3n) is 2.02. The fourth-order valence-corrected chi connectivity index (χ4v) is 1.24. The second-order valence-corrected chi connectivity index (χ2v) is 3.16. The van der Waals surface area contributed by atoms with E-state index in [1.54, 1.807) is 0 Å². The first-order chi connectivity index (χ1) is 6.39. The van der Waals surface area contributed by atoms with Crippen molar-refractivity contribution in [2.24, 2.45) is 0 Å². The summed E-state index contributed by atoms with van der Waals surface area (Å²) in [5.41, 5.74) is 0. The average Bonchev–Trinajstić information content (AvgIpc) is 2.11. The molecular weight excluding hydrogens is 171 g/mol. The molecule has 0 bridgehead atoms. The summed E-state index contributed by atoms with van der Waals surface area (Å²) in [4.78, 5) is 0. The monoisotopic (exact) mass is 190 g/mol. The Bertz CT molecular complexity index is 111. The minimum Gasteiger partial charge on any atom is -0.314 e. The van der Waals surface area contributed by atoms with E-state index in [9.17, 15) is 4.48 Å². The number of nitrogens with one attached hydrogen (secondary N) is 3. The van der Waals surface area contributed by atoms with Gasteiger partial charge in [0.05, 0.1) is 0 Å². The zero-order valence-electron chi connectivity index (χ0n) is 7.98. The first-order valence-electron chi connectivity index (χ1n) is 4.92. The van der Waals surface area contributed by atoms with Crippen molar-refractivity contribution in [3.8, 4) is 0 Å². The molecular formula is C8H19FN4. The van der Waals surface area contributed by atoms with Crippen molar-refractivity contribution in [1.82, 2.24) is 21.1 Å². The van der Waals surface area contributed by atoms with Gasteiger partial charge in [0, 0.05) is 52.4 Å². The van der Waals surface area contributed by atoms with E-state index in [4.69, 9.17) is 0 Å². The highest BCUT2D eigenvalue weighted by molar-refractivity contribution is 4.59. The highest BCUT2D eigenvalue weighted by Gasteiger charge is 2.01. The minimum atomic E-state index is 0.474. The van der Waals surface area contributed by atoms with Crippen LogP contribution in [0.15, 0.2) is 0 Å². The molecule has 1 aliphatic heterocycles. The van der Waals surface area contributed by atoms with Crippen LogP contribution in [0.1, 0.15) is 0 Å². The van der Waals surface area contributed by atoms with Crippen LogP contribution >= 0.6 is 0 Å². The number of nitrogens with zero attached hydrogens (tertiary/aromatic N) is 1. The van der Waals surface area contributed by atoms with Crippen molar-refractivity contribution in [2.75, 3.05) is 52.4 Å². The fourth-order valence-electron chi connectivity index (χ4n) is 1.24. The van der Waals surface area contributed by atoms with Gasteiger partial charge in [0.2, 0.25) is 0 Å². The maximum atomic E-state index is 12.9. The quantitative estimate of drug-likeness (QED) is 0.427. The smallest absolute Gasteiger partial charge is 0.0416 e. The first-order valence-corrected chi connectivity index (χ1v) is 4.92. The van der Waals surface area contributed by atoms with E-state index in [0.29, 0.717) is 13.1 Å². The highest BCUT2D eigenvalue weighted by Crippen LogP contribution is 1.85. The summed E-state index contributed by atoms with van der Waals surface area (Å²) >= 11 is 0. The molecule has 0 amide bonds. The summed E-state index contributed by atoms with van der Waals surface area (Å²) in [6, 6.07) is 0. The van der Waals surface area contributed by atoms with Gasteiger partial charge in [-0.3, -0.25) is 0 Å². The van der Waals surface area contributed by atoms with Crippen LogP contribution in [0, 0.1) is 0 Å². The van der Waals surface area contributed by atoms with E-state index in [-0.39, 0.29) is 0 Å². The molecule has 0 radical (unpaired) electrons. The summed E-state index contributed by atoms with van der Waals surface area (Å²) in [7, 11) is 0. The summed E-state index contributed by atoms with van der Waals surface area (Å²) < 4.78 is 12.9. The molecule has 1 aliphatic rings. The van der Waals surface area contributed by atoms with Crippen molar-refractivity contribution in [3.63, 3.8) is 0 Å². The molecule has 4 nitrogen and oxygen atoms in total. The van der Waals surface area contributed by atoms with Gasteiger partial charge in [-0.2, -0.15) is 0 Å². The first kappa shape index (κ1) is 10.8. The number of halogens is 1. The average molecular weight is 190 g/mol. The van der Waals surface area contributed by atoms with Crippen molar-refractivity contribution in [1.29, 1.82) is 0 Å². The van der Waals surface area contributed by atoms with E-state index in [1.807, 2.05) is 0 Å². The van der Waals surface area contributed by atoms with Gasteiger partial charge in [-0.15, -0.1) is 9.60 Å². The van der Waals surface area contributed by atoms with E-state index in [0.717, 1.165) is 44.4 Å². The van der Waals surface area contributed by atoms with Gasteiger partial charge >= 0.3 is 0 Å². The zero-order chi connectivity index (χ0) is 9.36. The van der Waals surface area contributed by atoms with Crippen LogP contribution in [0.5, 0.6) is 0 Å². The van der Waals surface area contributed by atoms with Crippen molar-refractivity contribution in [2.45, 2.75) is 0 Å². The molecule has 5 heteroatoms. The zero-order valence-corrected chi connectivity index (χ0v) is 7.98. The maximum Gasteiger partial charge on any atom is 0.0416 e. The Morgan fingerprint density at radius 1 is 0.692 bits per heavy atom. The second-order valence-electron chi connectivity index (χ2n) is 3.16. The van der Waals surface area contributed by atoms with Crippen LogP contribution in [-0.4, -0.2) is 57.5 Å². The molecule has 0 spiro atoms. The SMILES string of the molecule is FN1CCNCCNCCNCC1. The van der Waals surface area contributed by atoms with Crippen LogP contribution in [0.4, 0.5) is 4.48 Å². The Kier molecular flexibility index (Phi) is 6.01. The molecule has 0 aromatic carbocycles. The summed E-state index contributed by atoms with van der Waals surface area (Å²) in [6.07, 6.45) is 0. The van der Waals surface area contributed by atoms with Crippen LogP contribution in [0.2, 0.25) is 0 Å². The molecule has 13 heavy (non-hydrogen) atoms. The normalized spacial score (nSPS) is 24.7. The van der Waals surface area contributed by atoms with E-state index < -0.39 is 0 Å². The predicted octanol–water partition coefficient (Wildman–Crippen LogP) is -1.04. The van der Waals surface area contributed by atoms with Crippen LogP contribution in [-0.2, 0) is 0 Å². The van der Waals surface area contributed by atoms with Crippen molar-refractivity contribution in [3.05, 3.63) is 0 Å². The summed E-state index contributed by atoms with van der Waals surface area (Å²) in [6.45, 7) is 6.11. The Balaban J connectivity index is 2.11. The van der Waals surface area contributed by atoms with E-state index >= 15 is 0 Å². The van der Waals surface area contributed by atoms with Crippen LogP contribution < -0.4 is 16.0 Å². The van der Waals surface area contributed by atoms with E-state index in [1.165, 1.54) is 0 Å². The number of rotatable bonds is 0. The molecule has 0 unspecified atom stereocenters. The number of hydrogen-bond acceptors (Lipinski definition) is 4. The lowest BCUT2D eigenvalue weighted by molar-refractivity contribution is 0.0282. The molecule has 78 valence electrons. The Morgan fingerprint density at radius 2 is 1.08 bits per heavy atom. The molecule has 1 fully saturated rings. The van der Waals surface area contributed by atoms with Gasteiger partial charge in [-0.1, -0.05) is 0 Å². The van der Waals surface area contributed by atoms with Gasteiger partial charge in [0.1, 0.15) is 0 Å². The van der Waals surface area contributed by atoms with Gasteiger partial charge in [0.25, 0.3) is 0 Å². The van der Waals surface area contributed by atoms with E-state index in [2.05, 4.69) is 16.0 Å². The molecule has 0 aromatic rings. The van der Waals surface area contributed by atoms with Gasteiger partial charge in [-0.25, -0.2) is 0 Å². The molecule has 1 rings (SSSR count). The molecule has 1 heterocycles. The molecule has 0 aromatic heterocycles. The largest absolute Gasteiger partial charge is 0.314 e. The molecule has 0 atom stereocenters. The minimum absolute atomic E-state index is 0.474. The van der Waals surface area contributed by atoms with Gasteiger partial charge < -0.3 is 16.0 Å². The summed E-state index contributed by atoms with van der Waals surface area (Å²) in [5, 5.41) is 10.5. The van der Waals surface area contributed by atoms with Gasteiger partial charge in [-0.05, 0) is 0 Å². The predicted molar refractivity (Wildman–Crippen MR) is 51.3 cm³/mol. The standard InChI is InChI=1S/C8H19FN4/c9-13-7-5-11-3-1-10-2-4-12-6-8-13/h10-12H,1-8H2. The van der Waals surface area contributed by atoms with Crippen LogP contribution in [0.25, 0.3) is 0 Å². The lowest BCUT2D eigenvalue weighted by Crippen LogP contribution is -2.39. The lowest BCUT2D eigenvalue weighted by atomic mass is 10.4. The Hall–Kier alpha value is -0.230. The topological polar surface area (TPSA) is 39.3 Å². The van der Waals surface area contributed by atoms with Crippen molar-refractivity contribution < 1.29 is 4.48 Å². The van der Waals surface area contributed by atoms with Gasteiger partial charge in [0.15, 0.2) is 0 Å². The lowest BCUT2D eigenvalue weighted by Gasteiger charge is -2.15. The third-order valence-corrected chi connectivity index (χ3v) is 2.02. The Morgan fingerprint density at radius 3 is 1.54 bits per heavy atom. The summed E-state index contributed by atoms with van der Waals surface area (Å²) in [5.74, 6) is 0. The maximum absolute atomic E-state index is 12.9. The number of hydrogen-bond donors (Lipinski definition) is 3. The Labute approximate surface area is 78.8 Å².